The highest BCUT2D eigenvalue weighted by molar-refractivity contribution is 7.09. The van der Waals surface area contributed by atoms with E-state index in [1.807, 2.05) is 53.4 Å². The summed E-state index contributed by atoms with van der Waals surface area (Å²) in [6, 6.07) is 22.0. The highest BCUT2D eigenvalue weighted by Crippen LogP contribution is 2.26. The molecule has 1 fully saturated rings. The monoisotopic (exact) mass is 473 g/mol. The Morgan fingerprint density at radius 2 is 1.94 bits per heavy atom. The zero-order chi connectivity index (χ0) is 23.5. The number of amides is 2. The van der Waals surface area contributed by atoms with E-state index in [2.05, 4.69) is 39.7 Å². The van der Waals surface area contributed by atoms with Crippen LogP contribution in [-0.4, -0.2) is 53.1 Å². The van der Waals surface area contributed by atoms with Gasteiger partial charge in [-0.15, -0.1) is 0 Å². The summed E-state index contributed by atoms with van der Waals surface area (Å²) in [5.41, 5.74) is 1.95. The molecule has 1 aliphatic rings. The average molecular weight is 474 g/mol. The van der Waals surface area contributed by atoms with Crippen molar-refractivity contribution >= 4 is 39.2 Å². The molecule has 0 saturated carbocycles. The number of nitrogens with zero attached hydrogens (tertiary/aromatic N) is 4. The van der Waals surface area contributed by atoms with Crippen LogP contribution >= 0.6 is 11.5 Å². The molecule has 2 heterocycles. The van der Waals surface area contributed by atoms with E-state index in [-0.39, 0.29) is 12.1 Å². The number of nitrogens with one attached hydrogen (secondary N) is 1. The number of carbonyl (C=O) groups excluding carboxylic acids is 1. The van der Waals surface area contributed by atoms with Crippen LogP contribution in [0.3, 0.4) is 0 Å². The van der Waals surface area contributed by atoms with Crippen LogP contribution in [0, 0.1) is 0 Å². The molecule has 8 heteroatoms. The van der Waals surface area contributed by atoms with Crippen molar-refractivity contribution in [2.45, 2.75) is 19.4 Å². The first-order chi connectivity index (χ1) is 16.6. The normalized spacial score (nSPS) is 16.0. The first-order valence-electron chi connectivity index (χ1n) is 11.4. The lowest BCUT2D eigenvalue weighted by Crippen LogP contribution is -2.55. The molecule has 0 bridgehead atoms. The highest BCUT2D eigenvalue weighted by Gasteiger charge is 2.29. The molecule has 174 valence electrons. The van der Waals surface area contributed by atoms with Gasteiger partial charge in [0.2, 0.25) is 5.13 Å². The van der Waals surface area contributed by atoms with Gasteiger partial charge in [0, 0.05) is 49.0 Å². The van der Waals surface area contributed by atoms with E-state index in [4.69, 9.17) is 9.72 Å². The van der Waals surface area contributed by atoms with Crippen LogP contribution in [0.1, 0.15) is 18.3 Å². The molecular formula is C26H27N5O2S. The number of carbonyl (C=O) groups is 1. The molecule has 4 aromatic rings. The molecule has 0 aliphatic carbocycles. The topological polar surface area (TPSA) is 70.6 Å². The van der Waals surface area contributed by atoms with Gasteiger partial charge in [-0.25, -0.2) is 9.78 Å². The van der Waals surface area contributed by atoms with E-state index in [1.54, 1.807) is 7.11 Å². The number of urea groups is 1. The number of anilines is 2. The minimum atomic E-state index is -0.0699. The van der Waals surface area contributed by atoms with Gasteiger partial charge in [0.05, 0.1) is 12.8 Å². The molecule has 5 rings (SSSR count). The molecule has 34 heavy (non-hydrogen) atoms. The van der Waals surface area contributed by atoms with Gasteiger partial charge in [-0.2, -0.15) is 4.37 Å². The Hall–Kier alpha value is -3.65. The molecule has 1 saturated heterocycles. The van der Waals surface area contributed by atoms with Crippen LogP contribution in [-0.2, 0) is 6.42 Å². The minimum absolute atomic E-state index is 0.0504. The van der Waals surface area contributed by atoms with Crippen molar-refractivity contribution in [2.75, 3.05) is 37.0 Å². The van der Waals surface area contributed by atoms with Gasteiger partial charge in [0.25, 0.3) is 0 Å². The predicted octanol–water partition coefficient (Wildman–Crippen LogP) is 5.03. The SMILES string of the molecule is COc1cccc(Cc2nsc(N3CCN(C(=O)Nc4cccc5ccccc45)C(C)C3)n2)c1. The van der Waals surface area contributed by atoms with Crippen molar-refractivity contribution in [3.63, 3.8) is 0 Å². The molecule has 0 spiro atoms. The van der Waals surface area contributed by atoms with Gasteiger partial charge >= 0.3 is 6.03 Å². The quantitative estimate of drug-likeness (QED) is 0.440. The second-order valence-electron chi connectivity index (χ2n) is 8.47. The van der Waals surface area contributed by atoms with Crippen molar-refractivity contribution in [3.05, 3.63) is 78.1 Å². The molecule has 1 aliphatic heterocycles. The number of methoxy groups -OCH3 is 1. The van der Waals surface area contributed by atoms with Crippen molar-refractivity contribution in [2.24, 2.45) is 0 Å². The minimum Gasteiger partial charge on any atom is -0.497 e. The maximum atomic E-state index is 13.1. The van der Waals surface area contributed by atoms with Gasteiger partial charge in [-0.1, -0.05) is 48.5 Å². The lowest BCUT2D eigenvalue weighted by molar-refractivity contribution is 0.185. The maximum absolute atomic E-state index is 13.1. The third kappa shape index (κ3) is 4.68. The molecule has 1 aromatic heterocycles. The number of rotatable bonds is 5. The van der Waals surface area contributed by atoms with Gasteiger partial charge in [-0.3, -0.25) is 0 Å². The van der Waals surface area contributed by atoms with E-state index in [0.717, 1.165) is 51.8 Å². The Balaban J connectivity index is 1.22. The molecule has 1 N–H and O–H groups in total. The summed E-state index contributed by atoms with van der Waals surface area (Å²) in [6.07, 6.45) is 0.663. The predicted molar refractivity (Wildman–Crippen MR) is 137 cm³/mol. The number of aromatic nitrogens is 2. The van der Waals surface area contributed by atoms with E-state index < -0.39 is 0 Å². The first kappa shape index (κ1) is 22.2. The van der Waals surface area contributed by atoms with Gasteiger partial charge in [0.15, 0.2) is 0 Å². The van der Waals surface area contributed by atoms with E-state index in [1.165, 1.54) is 11.5 Å². The van der Waals surface area contributed by atoms with Crippen molar-refractivity contribution in [1.82, 2.24) is 14.3 Å². The van der Waals surface area contributed by atoms with Crippen LogP contribution in [0.4, 0.5) is 15.6 Å². The van der Waals surface area contributed by atoms with E-state index in [0.29, 0.717) is 13.0 Å². The average Bonchev–Trinajstić information content (AvgIpc) is 3.32. The molecular weight excluding hydrogens is 446 g/mol. The van der Waals surface area contributed by atoms with Crippen LogP contribution in [0.15, 0.2) is 66.7 Å². The van der Waals surface area contributed by atoms with Crippen LogP contribution in [0.2, 0.25) is 0 Å². The number of benzene rings is 3. The zero-order valence-electron chi connectivity index (χ0n) is 19.3. The van der Waals surface area contributed by atoms with E-state index >= 15 is 0 Å². The molecule has 1 unspecified atom stereocenters. The summed E-state index contributed by atoms with van der Waals surface area (Å²) in [5, 5.41) is 6.17. The van der Waals surface area contributed by atoms with Gasteiger partial charge < -0.3 is 19.9 Å². The zero-order valence-corrected chi connectivity index (χ0v) is 20.1. The number of ether oxygens (including phenoxy) is 1. The Labute approximate surface area is 203 Å². The maximum Gasteiger partial charge on any atom is 0.322 e. The first-order valence-corrected chi connectivity index (χ1v) is 12.1. The van der Waals surface area contributed by atoms with Crippen molar-refractivity contribution in [1.29, 1.82) is 0 Å². The third-order valence-electron chi connectivity index (χ3n) is 6.14. The fourth-order valence-corrected chi connectivity index (χ4v) is 5.08. The Morgan fingerprint density at radius 1 is 1.12 bits per heavy atom. The number of hydrogen-bond acceptors (Lipinski definition) is 6. The Morgan fingerprint density at radius 3 is 2.79 bits per heavy atom. The molecule has 2 amide bonds. The van der Waals surface area contributed by atoms with Gasteiger partial charge in [0.1, 0.15) is 11.6 Å². The fourth-order valence-electron chi connectivity index (χ4n) is 4.36. The molecule has 7 nitrogen and oxygen atoms in total. The smallest absolute Gasteiger partial charge is 0.322 e. The van der Waals surface area contributed by atoms with Crippen LogP contribution in [0.5, 0.6) is 5.75 Å². The summed E-state index contributed by atoms with van der Waals surface area (Å²) in [6.45, 7) is 4.15. The highest BCUT2D eigenvalue weighted by atomic mass is 32.1. The summed E-state index contributed by atoms with van der Waals surface area (Å²) < 4.78 is 9.87. The van der Waals surface area contributed by atoms with Crippen LogP contribution < -0.4 is 15.0 Å². The molecule has 1 atom stereocenters. The largest absolute Gasteiger partial charge is 0.497 e. The third-order valence-corrected chi connectivity index (χ3v) is 6.96. The molecule has 3 aromatic carbocycles. The van der Waals surface area contributed by atoms with E-state index in [9.17, 15) is 4.79 Å². The number of piperazine rings is 1. The summed E-state index contributed by atoms with van der Waals surface area (Å²) in [5.74, 6) is 1.64. The van der Waals surface area contributed by atoms with Gasteiger partial charge in [-0.05, 0) is 36.1 Å². The summed E-state index contributed by atoms with van der Waals surface area (Å²) >= 11 is 1.42. The second-order valence-corrected chi connectivity index (χ2v) is 9.20. The van der Waals surface area contributed by atoms with Crippen LogP contribution in [0.25, 0.3) is 10.8 Å². The summed E-state index contributed by atoms with van der Waals surface area (Å²) in [7, 11) is 1.67. The van der Waals surface area contributed by atoms with Crippen molar-refractivity contribution < 1.29 is 9.53 Å². The standard InChI is InChI=1S/C26H27N5O2S/c1-18-17-30(26-28-24(29-34-26)16-19-7-5-10-21(15-19)33-2)13-14-31(18)25(32)27-23-12-6-9-20-8-3-4-11-22(20)23/h3-12,15,18H,13-14,16-17H2,1-2H3,(H,27,32). The summed E-state index contributed by atoms with van der Waals surface area (Å²) in [4.78, 5) is 22.0. The lowest BCUT2D eigenvalue weighted by atomic mass is 10.1. The molecule has 0 radical (unpaired) electrons. The van der Waals surface area contributed by atoms with Crippen molar-refractivity contribution in [3.8, 4) is 5.75 Å². The Kier molecular flexibility index (Phi) is 6.31. The lowest BCUT2D eigenvalue weighted by Gasteiger charge is -2.39. The number of fused-ring (bicyclic) bond motifs is 1. The second kappa shape index (κ2) is 9.69. The fraction of sp³-hybridized carbons (Fsp3) is 0.269. The number of hydrogen-bond donors (Lipinski definition) is 1. The Bertz CT molecular complexity index is 1300.